The fourth-order valence-corrected chi connectivity index (χ4v) is 10.5. The minimum Gasteiger partial charge on any atom is -0.455 e. The van der Waals surface area contributed by atoms with E-state index in [4.69, 9.17) is 4.42 Å². The van der Waals surface area contributed by atoms with Gasteiger partial charge in [-0.05, 0) is 108 Å². The molecule has 0 aliphatic carbocycles. The van der Waals surface area contributed by atoms with Crippen LogP contribution in [0.4, 0.5) is 34.1 Å². The van der Waals surface area contributed by atoms with Gasteiger partial charge in [0.25, 0.3) is 6.71 Å². The summed E-state index contributed by atoms with van der Waals surface area (Å²) < 4.78 is 7.10. The topological polar surface area (TPSA) is 19.6 Å². The average Bonchev–Trinajstić information content (AvgIpc) is 3.63. The van der Waals surface area contributed by atoms with E-state index >= 15 is 0 Å². The van der Waals surface area contributed by atoms with Gasteiger partial charge in [-0.1, -0.05) is 195 Å². The third kappa shape index (κ3) is 7.09. The molecule has 334 valence electrons. The van der Waals surface area contributed by atoms with Gasteiger partial charge in [0.2, 0.25) is 0 Å². The van der Waals surface area contributed by atoms with Crippen LogP contribution in [0.25, 0.3) is 33.1 Å². The Hall–Kier alpha value is -6.00. The first-order valence-electron chi connectivity index (χ1n) is 24.1. The average molecular weight is 867 g/mol. The van der Waals surface area contributed by atoms with Crippen LogP contribution in [0.3, 0.4) is 0 Å². The Morgan fingerprint density at radius 2 is 0.848 bits per heavy atom. The standard InChI is InChI=1S/C62H67BN2O/c1-58(2,3)38-26-30-42(31-27-38)64-51-32-28-39(59(4,5)6)34-48(51)63-49-35-40(60(7,8)9)29-33-52(49)65(54-37-41(61(10,11)12)36-53(64)55(54)63)50-25-17-16-20-43(50)44-21-18-22-45-46-23-19-24-47(62(13,14)15)57(46)66-56(44)45/h16-37H,1-15H3. The van der Waals surface area contributed by atoms with E-state index in [0.29, 0.717) is 0 Å². The maximum atomic E-state index is 7.10. The summed E-state index contributed by atoms with van der Waals surface area (Å²) in [4.78, 5) is 5.17. The van der Waals surface area contributed by atoms with Crippen LogP contribution in [0, 0.1) is 0 Å². The summed E-state index contributed by atoms with van der Waals surface area (Å²) >= 11 is 0. The number of benzene rings is 7. The van der Waals surface area contributed by atoms with Gasteiger partial charge in [-0.25, -0.2) is 0 Å². The van der Waals surface area contributed by atoms with Gasteiger partial charge in [0.1, 0.15) is 11.2 Å². The van der Waals surface area contributed by atoms with Gasteiger partial charge in [0.05, 0.1) is 5.69 Å². The van der Waals surface area contributed by atoms with Gasteiger partial charge in [0.15, 0.2) is 0 Å². The van der Waals surface area contributed by atoms with Gasteiger partial charge >= 0.3 is 0 Å². The summed E-state index contributed by atoms with van der Waals surface area (Å²) in [5.41, 5.74) is 21.7. The second-order valence-electron chi connectivity index (χ2n) is 24.4. The number of hydrogen-bond acceptors (Lipinski definition) is 3. The Morgan fingerprint density at radius 1 is 0.364 bits per heavy atom. The molecule has 0 bridgehead atoms. The summed E-state index contributed by atoms with van der Waals surface area (Å²) in [6.45, 7) is 34.8. The fraction of sp³-hybridized carbons (Fsp3) is 0.323. The van der Waals surface area contributed by atoms with Crippen LogP contribution in [0.5, 0.6) is 0 Å². The van der Waals surface area contributed by atoms with Crippen LogP contribution in [-0.4, -0.2) is 6.71 Å². The number of para-hydroxylation sites is 3. The lowest BCUT2D eigenvalue weighted by atomic mass is 9.33. The smallest absolute Gasteiger partial charge is 0.252 e. The zero-order valence-electron chi connectivity index (χ0n) is 42.1. The first-order chi connectivity index (χ1) is 30.9. The molecule has 0 spiro atoms. The van der Waals surface area contributed by atoms with Crippen molar-refractivity contribution in [2.24, 2.45) is 0 Å². The summed E-state index contributed by atoms with van der Waals surface area (Å²) in [7, 11) is 0. The Morgan fingerprint density at radius 3 is 1.41 bits per heavy atom. The monoisotopic (exact) mass is 867 g/mol. The minimum atomic E-state index is -0.134. The zero-order chi connectivity index (χ0) is 47.0. The molecule has 8 aromatic rings. The molecule has 1 aromatic heterocycles. The van der Waals surface area contributed by atoms with Gasteiger partial charge in [-0.2, -0.15) is 0 Å². The molecule has 0 atom stereocenters. The molecule has 0 amide bonds. The Bertz CT molecular complexity index is 3220. The highest BCUT2D eigenvalue weighted by molar-refractivity contribution is 7.00. The van der Waals surface area contributed by atoms with E-state index in [9.17, 15) is 0 Å². The third-order valence-corrected chi connectivity index (χ3v) is 14.4. The number of fused-ring (bicyclic) bond motifs is 7. The van der Waals surface area contributed by atoms with Gasteiger partial charge in [0, 0.05) is 55.9 Å². The normalized spacial score (nSPS) is 14.2. The van der Waals surface area contributed by atoms with E-state index in [2.05, 4.69) is 247 Å². The minimum absolute atomic E-state index is 0.00162. The maximum absolute atomic E-state index is 7.10. The van der Waals surface area contributed by atoms with E-state index in [0.717, 1.165) is 38.8 Å². The molecule has 0 saturated heterocycles. The molecule has 66 heavy (non-hydrogen) atoms. The number of hydrogen-bond donors (Lipinski definition) is 0. The van der Waals surface area contributed by atoms with Crippen LogP contribution in [-0.2, 0) is 27.1 Å². The van der Waals surface area contributed by atoms with Crippen LogP contribution in [0.2, 0.25) is 0 Å². The fourth-order valence-electron chi connectivity index (χ4n) is 10.5. The number of rotatable bonds is 3. The van der Waals surface area contributed by atoms with Crippen molar-refractivity contribution in [3.8, 4) is 11.1 Å². The predicted molar refractivity (Wildman–Crippen MR) is 287 cm³/mol. The van der Waals surface area contributed by atoms with E-state index in [1.807, 2.05) is 0 Å². The summed E-state index contributed by atoms with van der Waals surface area (Å²) in [5.74, 6) is 0. The number of anilines is 6. The van der Waals surface area contributed by atoms with Crippen molar-refractivity contribution in [2.45, 2.75) is 131 Å². The molecule has 0 unspecified atom stereocenters. The zero-order valence-corrected chi connectivity index (χ0v) is 42.1. The SMILES string of the molecule is CC(C)(C)c1ccc(N2c3ccc(C(C)(C)C)cc3B3c4cc(C(C)(C)C)ccc4N(c4ccccc4-c4cccc5c4oc4c(C(C)(C)C)cccc45)c4cc(C(C)(C)C)cc2c43)cc1. The molecule has 2 aliphatic heterocycles. The van der Waals surface area contributed by atoms with E-state index < -0.39 is 0 Å². The summed E-state index contributed by atoms with van der Waals surface area (Å²) in [5, 5.41) is 2.30. The van der Waals surface area contributed by atoms with Gasteiger partial charge < -0.3 is 14.2 Å². The second kappa shape index (κ2) is 14.8. The highest BCUT2D eigenvalue weighted by Crippen LogP contribution is 2.50. The van der Waals surface area contributed by atoms with Crippen molar-refractivity contribution in [3.63, 3.8) is 0 Å². The van der Waals surface area contributed by atoms with E-state index in [-0.39, 0.29) is 33.8 Å². The lowest BCUT2D eigenvalue weighted by Crippen LogP contribution is -2.61. The van der Waals surface area contributed by atoms with Crippen LogP contribution >= 0.6 is 0 Å². The van der Waals surface area contributed by atoms with E-state index in [1.54, 1.807) is 0 Å². The molecule has 10 rings (SSSR count). The molecular formula is C62H67BN2O. The van der Waals surface area contributed by atoms with Crippen LogP contribution in [0.1, 0.15) is 132 Å². The van der Waals surface area contributed by atoms with Crippen molar-refractivity contribution in [3.05, 3.63) is 161 Å². The van der Waals surface area contributed by atoms with Crippen molar-refractivity contribution >= 4 is 79.2 Å². The molecule has 0 saturated carbocycles. The van der Waals surface area contributed by atoms with Crippen molar-refractivity contribution < 1.29 is 4.42 Å². The molecule has 3 heterocycles. The van der Waals surface area contributed by atoms with Gasteiger partial charge in [-0.15, -0.1) is 0 Å². The summed E-state index contributed by atoms with van der Waals surface area (Å²) in [6, 6.07) is 51.4. The molecule has 7 aromatic carbocycles. The predicted octanol–water partition coefficient (Wildman–Crippen LogP) is 15.8. The van der Waals surface area contributed by atoms with Gasteiger partial charge in [-0.3, -0.25) is 0 Å². The summed E-state index contributed by atoms with van der Waals surface area (Å²) in [6.07, 6.45) is 0. The Kier molecular flexibility index (Phi) is 9.81. The number of nitrogens with zero attached hydrogens (tertiary/aromatic N) is 2. The maximum Gasteiger partial charge on any atom is 0.252 e. The lowest BCUT2D eigenvalue weighted by molar-refractivity contribution is 0.573. The van der Waals surface area contributed by atoms with Crippen molar-refractivity contribution in [2.75, 3.05) is 9.80 Å². The Balaban J connectivity index is 1.32. The highest BCUT2D eigenvalue weighted by atomic mass is 16.3. The third-order valence-electron chi connectivity index (χ3n) is 14.4. The number of furan rings is 1. The largest absolute Gasteiger partial charge is 0.455 e. The lowest BCUT2D eigenvalue weighted by Gasteiger charge is -2.46. The highest BCUT2D eigenvalue weighted by Gasteiger charge is 2.45. The van der Waals surface area contributed by atoms with E-state index in [1.165, 1.54) is 72.6 Å². The molecule has 0 radical (unpaired) electrons. The second-order valence-corrected chi connectivity index (χ2v) is 24.4. The molecule has 3 nitrogen and oxygen atoms in total. The quantitative estimate of drug-likeness (QED) is 0.165. The molecule has 0 fully saturated rings. The Labute approximate surface area is 395 Å². The van der Waals surface area contributed by atoms with Crippen LogP contribution < -0.4 is 26.2 Å². The van der Waals surface area contributed by atoms with Crippen molar-refractivity contribution in [1.82, 2.24) is 0 Å². The molecule has 2 aliphatic rings. The molecule has 0 N–H and O–H groups in total. The molecular weight excluding hydrogens is 800 g/mol. The van der Waals surface area contributed by atoms with Crippen molar-refractivity contribution in [1.29, 1.82) is 0 Å². The van der Waals surface area contributed by atoms with Crippen LogP contribution in [0.15, 0.2) is 138 Å². The first kappa shape index (κ1) is 43.9. The first-order valence-corrected chi connectivity index (χ1v) is 24.1. The molecule has 4 heteroatoms.